The van der Waals surface area contributed by atoms with Gasteiger partial charge in [0.2, 0.25) is 0 Å². The second-order valence-electron chi connectivity index (χ2n) is 2.69. The summed E-state index contributed by atoms with van der Waals surface area (Å²) in [5, 5.41) is 0. The molecule has 0 aromatic heterocycles. The average molecular weight is 260 g/mol. The van der Waals surface area contributed by atoms with Crippen molar-refractivity contribution in [3.8, 4) is 0 Å². The van der Waals surface area contributed by atoms with Crippen molar-refractivity contribution >= 4 is 22.6 Å². The molecule has 1 heteroatoms. The molecule has 0 aliphatic carbocycles. The zero-order chi connectivity index (χ0) is 8.10. The third-order valence-corrected chi connectivity index (χ3v) is 2.81. The van der Waals surface area contributed by atoms with Crippen LogP contribution in [0.4, 0.5) is 0 Å². The molecule has 0 saturated heterocycles. The van der Waals surface area contributed by atoms with E-state index in [4.69, 9.17) is 0 Å². The molecule has 1 rings (SSSR count). The predicted octanol–water partition coefficient (Wildman–Crippen LogP) is 3.63. The monoisotopic (exact) mass is 260 g/mol. The van der Waals surface area contributed by atoms with Crippen molar-refractivity contribution < 1.29 is 0 Å². The Morgan fingerprint density at radius 2 is 2.00 bits per heavy atom. The molecule has 0 aliphatic rings. The molecule has 1 aromatic rings. The van der Waals surface area contributed by atoms with Gasteiger partial charge in [0.05, 0.1) is 0 Å². The first-order chi connectivity index (χ1) is 5.34. The zero-order valence-corrected chi connectivity index (χ0v) is 8.97. The molecule has 0 N–H and O–H groups in total. The van der Waals surface area contributed by atoms with Gasteiger partial charge in [0.25, 0.3) is 0 Å². The molecule has 0 bridgehead atoms. The minimum atomic E-state index is 1.23. The Morgan fingerprint density at radius 1 is 1.27 bits per heavy atom. The maximum Gasteiger partial charge on any atom is 0.0162 e. The number of halogens is 1. The van der Waals surface area contributed by atoms with Crippen LogP contribution in [0.15, 0.2) is 24.3 Å². The highest BCUT2D eigenvalue weighted by Crippen LogP contribution is 2.13. The van der Waals surface area contributed by atoms with Gasteiger partial charge in [0.15, 0.2) is 0 Å². The molecule has 0 aliphatic heterocycles. The maximum absolute atomic E-state index is 2.40. The molecule has 0 atom stereocenters. The largest absolute Gasteiger partial charge is 0.0654 e. The average Bonchev–Trinajstić information content (AvgIpc) is 2.03. The molecule has 11 heavy (non-hydrogen) atoms. The van der Waals surface area contributed by atoms with Crippen molar-refractivity contribution in [2.45, 2.75) is 26.2 Å². The molecule has 1 aromatic carbocycles. The van der Waals surface area contributed by atoms with E-state index in [0.29, 0.717) is 0 Å². The number of benzene rings is 1. The Hall–Kier alpha value is -0.0500. The Morgan fingerprint density at radius 3 is 2.64 bits per heavy atom. The molecule has 0 nitrogen and oxygen atoms in total. The van der Waals surface area contributed by atoms with Gasteiger partial charge in [-0.2, -0.15) is 0 Å². The molecule has 0 amide bonds. The Bertz CT molecular complexity index is 218. The molecular weight excluding hydrogens is 247 g/mol. The fraction of sp³-hybridized carbons (Fsp3) is 0.400. The van der Waals surface area contributed by atoms with Crippen LogP contribution in [0.25, 0.3) is 0 Å². The summed E-state index contributed by atoms with van der Waals surface area (Å²) < 4.78 is 1.40. The van der Waals surface area contributed by atoms with E-state index in [9.17, 15) is 0 Å². The van der Waals surface area contributed by atoms with Crippen LogP contribution in [0.3, 0.4) is 0 Å². The van der Waals surface area contributed by atoms with E-state index in [0.717, 1.165) is 0 Å². The molecular formula is C10H13I. The van der Waals surface area contributed by atoms with Gasteiger partial charge in [-0.25, -0.2) is 0 Å². The van der Waals surface area contributed by atoms with E-state index in [-0.39, 0.29) is 0 Å². The van der Waals surface area contributed by atoms with Crippen LogP contribution in [0.2, 0.25) is 0 Å². The highest BCUT2D eigenvalue weighted by Gasteiger charge is 1.95. The topological polar surface area (TPSA) is 0 Å². The summed E-state index contributed by atoms with van der Waals surface area (Å²) >= 11 is 2.40. The first-order valence-corrected chi connectivity index (χ1v) is 5.16. The molecule has 0 radical (unpaired) electrons. The van der Waals surface area contributed by atoms with Gasteiger partial charge in [0.1, 0.15) is 0 Å². The van der Waals surface area contributed by atoms with E-state index in [1.54, 1.807) is 0 Å². The minimum Gasteiger partial charge on any atom is -0.0654 e. The van der Waals surface area contributed by atoms with Crippen molar-refractivity contribution in [1.29, 1.82) is 0 Å². The van der Waals surface area contributed by atoms with Crippen LogP contribution < -0.4 is 0 Å². The molecule has 0 spiro atoms. The lowest BCUT2D eigenvalue weighted by Crippen LogP contribution is -1.87. The Balaban J connectivity index is 2.62. The van der Waals surface area contributed by atoms with E-state index in [1.807, 2.05) is 0 Å². The van der Waals surface area contributed by atoms with Crippen molar-refractivity contribution in [3.05, 3.63) is 33.4 Å². The summed E-state index contributed by atoms with van der Waals surface area (Å²) in [5.74, 6) is 0. The van der Waals surface area contributed by atoms with Crippen molar-refractivity contribution in [2.75, 3.05) is 0 Å². The van der Waals surface area contributed by atoms with Crippen LogP contribution in [0, 0.1) is 3.57 Å². The van der Waals surface area contributed by atoms with Crippen LogP contribution in [0.5, 0.6) is 0 Å². The summed E-state index contributed by atoms with van der Waals surface area (Å²) in [5.41, 5.74) is 1.50. The second kappa shape index (κ2) is 4.75. The lowest BCUT2D eigenvalue weighted by atomic mass is 10.1. The van der Waals surface area contributed by atoms with Crippen LogP contribution >= 0.6 is 22.6 Å². The van der Waals surface area contributed by atoms with Gasteiger partial charge in [-0.05, 0) is 47.1 Å². The number of hydrogen-bond donors (Lipinski definition) is 0. The quantitative estimate of drug-likeness (QED) is 0.728. The van der Waals surface area contributed by atoms with Crippen molar-refractivity contribution in [2.24, 2.45) is 0 Å². The van der Waals surface area contributed by atoms with Gasteiger partial charge in [0, 0.05) is 3.57 Å². The van der Waals surface area contributed by atoms with E-state index < -0.39 is 0 Å². The van der Waals surface area contributed by atoms with Crippen LogP contribution in [0.1, 0.15) is 25.3 Å². The first-order valence-electron chi connectivity index (χ1n) is 4.08. The third kappa shape index (κ3) is 2.81. The lowest BCUT2D eigenvalue weighted by Gasteiger charge is -2.01. The molecule has 60 valence electrons. The predicted molar refractivity (Wildman–Crippen MR) is 57.8 cm³/mol. The lowest BCUT2D eigenvalue weighted by molar-refractivity contribution is 0.792. The van der Waals surface area contributed by atoms with Gasteiger partial charge in [-0.1, -0.05) is 31.5 Å². The van der Waals surface area contributed by atoms with Gasteiger partial charge in [-0.3, -0.25) is 0 Å². The third-order valence-electron chi connectivity index (χ3n) is 1.76. The smallest absolute Gasteiger partial charge is 0.0162 e. The number of unbranched alkanes of at least 4 members (excludes halogenated alkanes) is 1. The van der Waals surface area contributed by atoms with Crippen molar-refractivity contribution in [1.82, 2.24) is 0 Å². The fourth-order valence-corrected chi connectivity index (χ4v) is 1.73. The van der Waals surface area contributed by atoms with E-state index in [1.165, 1.54) is 28.4 Å². The van der Waals surface area contributed by atoms with Crippen LogP contribution in [-0.4, -0.2) is 0 Å². The van der Waals surface area contributed by atoms with Crippen molar-refractivity contribution in [3.63, 3.8) is 0 Å². The summed E-state index contributed by atoms with van der Waals surface area (Å²) in [7, 11) is 0. The molecule has 0 heterocycles. The van der Waals surface area contributed by atoms with Gasteiger partial charge >= 0.3 is 0 Å². The molecule has 0 unspecified atom stereocenters. The Labute approximate surface area is 82.2 Å². The summed E-state index contributed by atoms with van der Waals surface area (Å²) in [4.78, 5) is 0. The summed E-state index contributed by atoms with van der Waals surface area (Å²) in [6, 6.07) is 8.60. The van der Waals surface area contributed by atoms with E-state index >= 15 is 0 Å². The number of hydrogen-bond acceptors (Lipinski definition) is 0. The first kappa shape index (κ1) is 9.04. The van der Waals surface area contributed by atoms with E-state index in [2.05, 4.69) is 53.8 Å². The van der Waals surface area contributed by atoms with Gasteiger partial charge in [-0.15, -0.1) is 0 Å². The highest BCUT2D eigenvalue weighted by molar-refractivity contribution is 14.1. The molecule has 0 saturated carbocycles. The normalized spacial score (nSPS) is 10.0. The van der Waals surface area contributed by atoms with Gasteiger partial charge < -0.3 is 0 Å². The second-order valence-corrected chi connectivity index (χ2v) is 3.86. The SMILES string of the molecule is CCCCc1ccccc1I. The number of rotatable bonds is 3. The number of aryl methyl sites for hydroxylation is 1. The Kier molecular flexibility index (Phi) is 3.91. The zero-order valence-electron chi connectivity index (χ0n) is 6.81. The van der Waals surface area contributed by atoms with Crippen LogP contribution in [-0.2, 0) is 6.42 Å². The summed E-state index contributed by atoms with van der Waals surface area (Å²) in [6.45, 7) is 2.23. The fourth-order valence-electron chi connectivity index (χ4n) is 1.07. The molecule has 0 fully saturated rings. The minimum absolute atomic E-state index is 1.23. The standard InChI is InChI=1S/C10H13I/c1-2-3-6-9-7-4-5-8-10(9)11/h4-5,7-8H,2-3,6H2,1H3. The highest BCUT2D eigenvalue weighted by atomic mass is 127. The maximum atomic E-state index is 2.40. The summed E-state index contributed by atoms with van der Waals surface area (Å²) in [6.07, 6.45) is 3.82.